The Bertz CT molecular complexity index is 796. The number of hydrogen-bond acceptors (Lipinski definition) is 2. The number of carbonyl (C=O) groups is 1. The topological polar surface area (TPSA) is 62.3 Å². The van der Waals surface area contributed by atoms with Gasteiger partial charge >= 0.3 is 5.97 Å². The van der Waals surface area contributed by atoms with Crippen molar-refractivity contribution >= 4 is 28.5 Å². The van der Waals surface area contributed by atoms with Crippen LogP contribution in [0.1, 0.15) is 16.1 Å². The Kier molecular flexibility index (Phi) is 3.54. The Balaban J connectivity index is 1.95. The van der Waals surface area contributed by atoms with Gasteiger partial charge in [-0.2, -0.15) is 0 Å². The van der Waals surface area contributed by atoms with Gasteiger partial charge in [0.25, 0.3) is 0 Å². The number of benzene rings is 2. The molecule has 106 valence electrons. The molecule has 0 aliphatic carbocycles. The van der Waals surface area contributed by atoms with Gasteiger partial charge < -0.3 is 14.8 Å². The molecule has 4 nitrogen and oxygen atoms in total. The number of carboxylic acid groups (broad SMARTS) is 1. The predicted octanol–water partition coefficient (Wildman–Crippen LogP) is 4.10. The molecule has 2 N–H and O–H groups in total. The van der Waals surface area contributed by atoms with E-state index in [2.05, 4.69) is 4.98 Å². The molecule has 0 saturated carbocycles. The van der Waals surface area contributed by atoms with Gasteiger partial charge in [0.2, 0.25) is 0 Å². The minimum absolute atomic E-state index is 0.0858. The van der Waals surface area contributed by atoms with Gasteiger partial charge in [-0.3, -0.25) is 0 Å². The molecule has 0 amide bonds. The van der Waals surface area contributed by atoms with Crippen molar-refractivity contribution in [1.82, 2.24) is 4.98 Å². The summed E-state index contributed by atoms with van der Waals surface area (Å²) in [6, 6.07) is 14.7. The first-order valence-corrected chi connectivity index (χ1v) is 6.74. The summed E-state index contributed by atoms with van der Waals surface area (Å²) in [5.74, 6) is -0.456. The van der Waals surface area contributed by atoms with Gasteiger partial charge in [-0.15, -0.1) is 0 Å². The van der Waals surface area contributed by atoms with Crippen LogP contribution in [0, 0.1) is 0 Å². The molecule has 0 saturated heterocycles. The number of carboxylic acids is 1. The number of nitrogens with one attached hydrogen (secondary N) is 1. The minimum Gasteiger partial charge on any atom is -0.487 e. The summed E-state index contributed by atoms with van der Waals surface area (Å²) in [6.45, 7) is 0.402. The van der Waals surface area contributed by atoms with Crippen molar-refractivity contribution in [3.63, 3.8) is 0 Å². The maximum atomic E-state index is 11.1. The van der Waals surface area contributed by atoms with Gasteiger partial charge in [0.1, 0.15) is 18.1 Å². The Morgan fingerprint density at radius 1 is 1.19 bits per heavy atom. The maximum absolute atomic E-state index is 11.1. The molecule has 0 unspecified atom stereocenters. The second kappa shape index (κ2) is 5.50. The lowest BCUT2D eigenvalue weighted by atomic mass is 10.2. The number of aromatic amines is 1. The quantitative estimate of drug-likeness (QED) is 0.762. The van der Waals surface area contributed by atoms with E-state index in [-0.39, 0.29) is 5.69 Å². The Labute approximate surface area is 125 Å². The summed E-state index contributed by atoms with van der Waals surface area (Å²) in [6.07, 6.45) is 0. The highest BCUT2D eigenvalue weighted by atomic mass is 35.5. The molecule has 1 aromatic heterocycles. The fourth-order valence-corrected chi connectivity index (χ4v) is 2.34. The Hall–Kier alpha value is -2.46. The molecular formula is C16H12ClNO3. The molecule has 0 atom stereocenters. The molecule has 0 fully saturated rings. The highest BCUT2D eigenvalue weighted by molar-refractivity contribution is 6.35. The monoisotopic (exact) mass is 301 g/mol. The highest BCUT2D eigenvalue weighted by Crippen LogP contribution is 2.32. The molecule has 3 rings (SSSR count). The van der Waals surface area contributed by atoms with Crippen LogP contribution in [0.15, 0.2) is 48.5 Å². The Morgan fingerprint density at radius 2 is 1.95 bits per heavy atom. The molecule has 3 aromatic rings. The van der Waals surface area contributed by atoms with Crippen molar-refractivity contribution in [1.29, 1.82) is 0 Å². The van der Waals surface area contributed by atoms with Crippen LogP contribution < -0.4 is 4.74 Å². The molecule has 2 aromatic carbocycles. The standard InChI is InChI=1S/C16H12ClNO3/c17-12-6-7-14(21-9-10-4-2-1-3-5-10)15-11(12)8-13(18-15)16(19)20/h1-8,18H,9H2,(H,19,20). The van der Waals surface area contributed by atoms with Crippen molar-refractivity contribution in [3.8, 4) is 5.75 Å². The van der Waals surface area contributed by atoms with E-state index in [4.69, 9.17) is 21.4 Å². The van der Waals surface area contributed by atoms with Crippen LogP contribution >= 0.6 is 11.6 Å². The number of aromatic carboxylic acids is 1. The highest BCUT2D eigenvalue weighted by Gasteiger charge is 2.13. The first kappa shape index (κ1) is 13.5. The number of ether oxygens (including phenoxy) is 1. The van der Waals surface area contributed by atoms with Crippen molar-refractivity contribution in [3.05, 3.63) is 64.8 Å². The lowest BCUT2D eigenvalue weighted by Gasteiger charge is -2.08. The van der Waals surface area contributed by atoms with E-state index in [1.807, 2.05) is 30.3 Å². The number of halogens is 1. The van der Waals surface area contributed by atoms with Crippen LogP contribution in [-0.4, -0.2) is 16.1 Å². The molecule has 0 radical (unpaired) electrons. The van der Waals surface area contributed by atoms with Crippen LogP contribution in [0.25, 0.3) is 10.9 Å². The number of rotatable bonds is 4. The summed E-state index contributed by atoms with van der Waals surface area (Å²) in [5.41, 5.74) is 1.71. The number of H-pyrrole nitrogens is 1. The van der Waals surface area contributed by atoms with E-state index in [0.29, 0.717) is 28.3 Å². The molecule has 21 heavy (non-hydrogen) atoms. The first-order chi connectivity index (χ1) is 10.1. The van der Waals surface area contributed by atoms with Gasteiger partial charge in [-0.25, -0.2) is 4.79 Å². The zero-order valence-electron chi connectivity index (χ0n) is 11.0. The predicted molar refractivity (Wildman–Crippen MR) is 81.0 cm³/mol. The maximum Gasteiger partial charge on any atom is 0.352 e. The van der Waals surface area contributed by atoms with Gasteiger partial charge in [-0.05, 0) is 23.8 Å². The zero-order chi connectivity index (χ0) is 14.8. The van der Waals surface area contributed by atoms with Crippen LogP contribution in [0.5, 0.6) is 5.75 Å². The van der Waals surface area contributed by atoms with Crippen LogP contribution in [0.2, 0.25) is 5.02 Å². The molecular weight excluding hydrogens is 290 g/mol. The lowest BCUT2D eigenvalue weighted by molar-refractivity contribution is 0.0691. The molecule has 1 heterocycles. The second-order valence-electron chi connectivity index (χ2n) is 4.60. The smallest absolute Gasteiger partial charge is 0.352 e. The number of hydrogen-bond donors (Lipinski definition) is 2. The molecule has 0 spiro atoms. The van der Waals surface area contributed by atoms with E-state index in [1.165, 1.54) is 6.07 Å². The van der Waals surface area contributed by atoms with Crippen molar-refractivity contribution in [2.24, 2.45) is 0 Å². The van der Waals surface area contributed by atoms with Crippen molar-refractivity contribution in [2.45, 2.75) is 6.61 Å². The van der Waals surface area contributed by atoms with E-state index in [0.717, 1.165) is 5.56 Å². The van der Waals surface area contributed by atoms with E-state index >= 15 is 0 Å². The first-order valence-electron chi connectivity index (χ1n) is 6.36. The fourth-order valence-electron chi connectivity index (χ4n) is 2.13. The SMILES string of the molecule is O=C(O)c1cc2c(Cl)ccc(OCc3ccccc3)c2[nH]1. The fraction of sp³-hybridized carbons (Fsp3) is 0.0625. The molecule has 0 aliphatic rings. The van der Waals surface area contributed by atoms with Gasteiger partial charge in [-0.1, -0.05) is 41.9 Å². The summed E-state index contributed by atoms with van der Waals surface area (Å²) in [4.78, 5) is 13.9. The van der Waals surface area contributed by atoms with Crippen molar-refractivity contribution < 1.29 is 14.6 Å². The normalized spacial score (nSPS) is 10.7. The van der Waals surface area contributed by atoms with Gasteiger partial charge in [0, 0.05) is 5.39 Å². The minimum atomic E-state index is -1.03. The molecule has 5 heteroatoms. The summed E-state index contributed by atoms with van der Waals surface area (Å²) in [7, 11) is 0. The van der Waals surface area contributed by atoms with Gasteiger partial charge in [0.15, 0.2) is 0 Å². The largest absolute Gasteiger partial charge is 0.487 e. The van der Waals surface area contributed by atoms with E-state index < -0.39 is 5.97 Å². The average Bonchev–Trinajstić information content (AvgIpc) is 2.94. The van der Waals surface area contributed by atoms with Crippen LogP contribution in [0.3, 0.4) is 0 Å². The van der Waals surface area contributed by atoms with Gasteiger partial charge in [0.05, 0.1) is 10.5 Å². The van der Waals surface area contributed by atoms with Crippen LogP contribution in [0.4, 0.5) is 0 Å². The average molecular weight is 302 g/mol. The summed E-state index contributed by atoms with van der Waals surface area (Å²) < 4.78 is 5.77. The number of fused-ring (bicyclic) bond motifs is 1. The third-order valence-corrected chi connectivity index (χ3v) is 3.50. The zero-order valence-corrected chi connectivity index (χ0v) is 11.7. The van der Waals surface area contributed by atoms with Crippen molar-refractivity contribution in [2.75, 3.05) is 0 Å². The van der Waals surface area contributed by atoms with E-state index in [9.17, 15) is 4.79 Å². The Morgan fingerprint density at radius 3 is 2.67 bits per heavy atom. The summed E-state index contributed by atoms with van der Waals surface area (Å²) >= 11 is 6.10. The molecule has 0 aliphatic heterocycles. The molecule has 0 bridgehead atoms. The van der Waals surface area contributed by atoms with E-state index in [1.54, 1.807) is 12.1 Å². The third-order valence-electron chi connectivity index (χ3n) is 3.17. The van der Waals surface area contributed by atoms with Crippen LogP contribution in [-0.2, 0) is 6.61 Å². The second-order valence-corrected chi connectivity index (χ2v) is 5.00. The number of aromatic nitrogens is 1. The lowest BCUT2D eigenvalue weighted by Crippen LogP contribution is -1.97. The third kappa shape index (κ3) is 2.71. The summed E-state index contributed by atoms with van der Waals surface area (Å²) in [5, 5.41) is 10.2.